The third-order valence-corrected chi connectivity index (χ3v) is 6.80. The zero-order chi connectivity index (χ0) is 28.9. The number of carboxylic acids is 1. The average Bonchev–Trinajstić information content (AvgIpc) is 2.93. The fourth-order valence-corrected chi connectivity index (χ4v) is 4.78. The molecule has 0 saturated heterocycles. The lowest BCUT2D eigenvalue weighted by molar-refractivity contribution is -0.149. The van der Waals surface area contributed by atoms with Crippen LogP contribution in [0, 0.1) is 20.8 Å². The highest BCUT2D eigenvalue weighted by Gasteiger charge is 2.18. The quantitative estimate of drug-likeness (QED) is 0.210. The number of carboxylic acid groups (broad SMARTS) is 1. The predicted molar refractivity (Wildman–Crippen MR) is 159 cm³/mol. The number of unbranched alkanes of at least 4 members (excludes halogenated alkanes) is 1. The molecule has 0 fully saturated rings. The standard InChI is InChI=1S/C33H42N2O5/c1-5-39-30(32(36)37)23-28-14-16-29(17-15-28)40-20-19-35(18-10-9-13-27-11-7-6-8-12-27)33(38)34-31-25(3)21-24(2)22-26(31)4/h6-8,11-12,14-17,21-22,30H,5,9-10,13,18-20,23H2,1-4H3,(H,34,38)(H,36,37). The Kier molecular flexibility index (Phi) is 12.0. The van der Waals surface area contributed by atoms with Crippen LogP contribution in [-0.2, 0) is 22.4 Å². The number of aliphatic carboxylic acids is 1. The molecule has 0 aliphatic carbocycles. The van der Waals surface area contributed by atoms with Crippen molar-refractivity contribution in [2.45, 2.75) is 59.5 Å². The van der Waals surface area contributed by atoms with E-state index in [-0.39, 0.29) is 12.5 Å². The van der Waals surface area contributed by atoms with E-state index in [9.17, 15) is 14.7 Å². The first-order chi connectivity index (χ1) is 19.3. The highest BCUT2D eigenvalue weighted by Crippen LogP contribution is 2.22. The summed E-state index contributed by atoms with van der Waals surface area (Å²) in [4.78, 5) is 26.5. The molecule has 0 radical (unpaired) electrons. The first-order valence-corrected chi connectivity index (χ1v) is 14.0. The van der Waals surface area contributed by atoms with Crippen LogP contribution in [0.3, 0.4) is 0 Å². The average molecular weight is 547 g/mol. The van der Waals surface area contributed by atoms with Gasteiger partial charge in [-0.15, -0.1) is 0 Å². The van der Waals surface area contributed by atoms with Gasteiger partial charge in [0, 0.05) is 25.3 Å². The first-order valence-electron chi connectivity index (χ1n) is 14.0. The molecule has 0 aliphatic heterocycles. The number of aryl methyl sites for hydroxylation is 4. The second-order valence-electron chi connectivity index (χ2n) is 10.1. The highest BCUT2D eigenvalue weighted by atomic mass is 16.5. The summed E-state index contributed by atoms with van der Waals surface area (Å²) in [6, 6.07) is 21.7. The van der Waals surface area contributed by atoms with E-state index < -0.39 is 12.1 Å². The smallest absolute Gasteiger partial charge is 0.333 e. The molecule has 3 aromatic carbocycles. The maximum absolute atomic E-state index is 13.4. The summed E-state index contributed by atoms with van der Waals surface area (Å²) in [6.45, 7) is 9.61. The summed E-state index contributed by atoms with van der Waals surface area (Å²) in [7, 11) is 0. The monoisotopic (exact) mass is 546 g/mol. The molecule has 1 unspecified atom stereocenters. The molecular formula is C33H42N2O5. The van der Waals surface area contributed by atoms with Gasteiger partial charge in [0.25, 0.3) is 0 Å². The van der Waals surface area contributed by atoms with Crippen molar-refractivity contribution >= 4 is 17.7 Å². The Hall–Kier alpha value is -3.84. The summed E-state index contributed by atoms with van der Waals surface area (Å²) in [5.41, 5.74) is 6.26. The molecule has 40 heavy (non-hydrogen) atoms. The minimum atomic E-state index is -0.972. The predicted octanol–water partition coefficient (Wildman–Crippen LogP) is 6.58. The number of urea groups is 1. The Morgan fingerprint density at radius 3 is 2.20 bits per heavy atom. The van der Waals surface area contributed by atoms with Crippen LogP contribution < -0.4 is 10.1 Å². The van der Waals surface area contributed by atoms with Crippen LogP contribution in [0.15, 0.2) is 66.7 Å². The summed E-state index contributed by atoms with van der Waals surface area (Å²) < 4.78 is 11.3. The lowest BCUT2D eigenvalue weighted by Crippen LogP contribution is -2.39. The van der Waals surface area contributed by atoms with Crippen LogP contribution in [0.25, 0.3) is 0 Å². The van der Waals surface area contributed by atoms with Crippen molar-refractivity contribution in [1.29, 1.82) is 0 Å². The van der Waals surface area contributed by atoms with Gasteiger partial charge in [-0.25, -0.2) is 9.59 Å². The highest BCUT2D eigenvalue weighted by molar-refractivity contribution is 5.91. The van der Waals surface area contributed by atoms with Gasteiger partial charge >= 0.3 is 12.0 Å². The molecule has 2 N–H and O–H groups in total. The lowest BCUT2D eigenvalue weighted by Gasteiger charge is -2.24. The molecule has 0 aliphatic rings. The maximum Gasteiger partial charge on any atom is 0.333 e. The van der Waals surface area contributed by atoms with E-state index in [2.05, 4.69) is 48.6 Å². The van der Waals surface area contributed by atoms with Gasteiger partial charge in [0.15, 0.2) is 6.10 Å². The van der Waals surface area contributed by atoms with Crippen molar-refractivity contribution in [3.63, 3.8) is 0 Å². The van der Waals surface area contributed by atoms with Crippen LogP contribution in [-0.4, -0.2) is 54.4 Å². The maximum atomic E-state index is 13.4. The number of hydrogen-bond acceptors (Lipinski definition) is 4. The van der Waals surface area contributed by atoms with Crippen molar-refractivity contribution in [3.8, 4) is 5.75 Å². The Morgan fingerprint density at radius 2 is 1.57 bits per heavy atom. The number of rotatable bonds is 15. The van der Waals surface area contributed by atoms with Gasteiger partial charge in [0.05, 0.1) is 6.54 Å². The number of amides is 2. The topological polar surface area (TPSA) is 88.1 Å². The van der Waals surface area contributed by atoms with Gasteiger partial charge in [-0.1, -0.05) is 60.2 Å². The minimum absolute atomic E-state index is 0.135. The third-order valence-electron chi connectivity index (χ3n) is 6.80. The lowest BCUT2D eigenvalue weighted by atomic mass is 10.1. The Morgan fingerprint density at radius 1 is 0.900 bits per heavy atom. The molecule has 7 heteroatoms. The van der Waals surface area contributed by atoms with Gasteiger partial charge < -0.3 is 24.8 Å². The van der Waals surface area contributed by atoms with Crippen molar-refractivity contribution in [3.05, 3.63) is 94.5 Å². The minimum Gasteiger partial charge on any atom is -0.492 e. The largest absolute Gasteiger partial charge is 0.492 e. The van der Waals surface area contributed by atoms with Crippen molar-refractivity contribution in [1.82, 2.24) is 4.90 Å². The Labute approximate surface area is 238 Å². The van der Waals surface area contributed by atoms with Crippen LogP contribution in [0.4, 0.5) is 10.5 Å². The molecule has 0 bridgehead atoms. The molecule has 3 rings (SSSR count). The summed E-state index contributed by atoms with van der Waals surface area (Å²) in [5, 5.41) is 12.4. The zero-order valence-corrected chi connectivity index (χ0v) is 24.1. The van der Waals surface area contributed by atoms with Crippen LogP contribution in [0.1, 0.15) is 47.6 Å². The Balaban J connectivity index is 1.59. The molecule has 0 heterocycles. The fraction of sp³-hybridized carbons (Fsp3) is 0.394. The second-order valence-corrected chi connectivity index (χ2v) is 10.1. The van der Waals surface area contributed by atoms with Crippen molar-refractivity contribution < 1.29 is 24.2 Å². The molecule has 1 atom stereocenters. The molecule has 0 spiro atoms. The SMILES string of the molecule is CCOC(Cc1ccc(OCCN(CCCCc2ccccc2)C(=O)Nc2c(C)cc(C)cc2C)cc1)C(=O)O. The number of ether oxygens (including phenoxy) is 2. The number of hydrogen-bond donors (Lipinski definition) is 2. The van der Waals surface area contributed by atoms with Crippen molar-refractivity contribution in [2.75, 3.05) is 31.6 Å². The first kappa shape index (κ1) is 30.7. The van der Waals surface area contributed by atoms with E-state index in [0.29, 0.717) is 32.1 Å². The van der Waals surface area contributed by atoms with E-state index in [1.54, 1.807) is 6.92 Å². The van der Waals surface area contributed by atoms with Gasteiger partial charge in [-0.05, 0) is 81.3 Å². The van der Waals surface area contributed by atoms with E-state index >= 15 is 0 Å². The van der Waals surface area contributed by atoms with Crippen LogP contribution >= 0.6 is 0 Å². The van der Waals surface area contributed by atoms with Crippen LogP contribution in [0.2, 0.25) is 0 Å². The molecule has 0 aromatic heterocycles. The number of nitrogens with one attached hydrogen (secondary N) is 1. The normalized spacial score (nSPS) is 11.6. The fourth-order valence-electron chi connectivity index (χ4n) is 4.78. The van der Waals surface area contributed by atoms with E-state index in [0.717, 1.165) is 41.6 Å². The second kappa shape index (κ2) is 15.7. The summed E-state index contributed by atoms with van der Waals surface area (Å²) in [5.74, 6) is -0.304. The molecule has 0 saturated carbocycles. The van der Waals surface area contributed by atoms with Gasteiger partial charge in [-0.3, -0.25) is 0 Å². The molecular weight excluding hydrogens is 504 g/mol. The number of benzene rings is 3. The van der Waals surface area contributed by atoms with Gasteiger partial charge in [-0.2, -0.15) is 0 Å². The molecule has 3 aromatic rings. The Bertz CT molecular complexity index is 1200. The van der Waals surface area contributed by atoms with Gasteiger partial charge in [0.1, 0.15) is 12.4 Å². The van der Waals surface area contributed by atoms with Crippen molar-refractivity contribution in [2.24, 2.45) is 0 Å². The summed E-state index contributed by atoms with van der Waals surface area (Å²) >= 11 is 0. The number of carbonyl (C=O) groups is 2. The molecule has 7 nitrogen and oxygen atoms in total. The van der Waals surface area contributed by atoms with E-state index in [4.69, 9.17) is 9.47 Å². The molecule has 214 valence electrons. The zero-order valence-electron chi connectivity index (χ0n) is 24.1. The third kappa shape index (κ3) is 9.72. The van der Waals surface area contributed by atoms with E-state index in [1.165, 1.54) is 11.1 Å². The van der Waals surface area contributed by atoms with Crippen LogP contribution in [0.5, 0.6) is 5.75 Å². The summed E-state index contributed by atoms with van der Waals surface area (Å²) in [6.07, 6.45) is 2.26. The van der Waals surface area contributed by atoms with E-state index in [1.807, 2.05) is 49.1 Å². The van der Waals surface area contributed by atoms with Gasteiger partial charge in [0.2, 0.25) is 0 Å². The number of anilines is 1. The molecule has 2 amide bonds. The number of carbonyl (C=O) groups excluding carboxylic acids is 1. The number of nitrogens with zero attached hydrogens (tertiary/aromatic N) is 1.